The van der Waals surface area contributed by atoms with Gasteiger partial charge >= 0.3 is 0 Å². The zero-order chi connectivity index (χ0) is 18.1. The molecule has 0 spiro atoms. The molecule has 1 aromatic heterocycles. The van der Waals surface area contributed by atoms with E-state index in [1.54, 1.807) is 18.2 Å². The Morgan fingerprint density at radius 3 is 2.85 bits per heavy atom. The molecule has 0 bridgehead atoms. The van der Waals surface area contributed by atoms with Crippen LogP contribution in [0.25, 0.3) is 11.3 Å². The van der Waals surface area contributed by atoms with Crippen molar-refractivity contribution in [2.75, 3.05) is 18.6 Å². The number of oxazole rings is 1. The molecule has 2 heterocycles. The molecule has 4 rings (SSSR count). The predicted octanol–water partition coefficient (Wildman–Crippen LogP) is 4.52. The minimum Gasteiger partial charge on any atom is -0.496 e. The van der Waals surface area contributed by atoms with Crippen LogP contribution in [0, 0.1) is 0 Å². The molecule has 132 valence electrons. The molecule has 1 amide bonds. The zero-order valence-corrected chi connectivity index (χ0v) is 14.9. The van der Waals surface area contributed by atoms with Crippen LogP contribution < -0.4 is 9.64 Å². The van der Waals surface area contributed by atoms with Gasteiger partial charge in [0.05, 0.1) is 24.8 Å². The van der Waals surface area contributed by atoms with Crippen molar-refractivity contribution < 1.29 is 13.9 Å². The second-order valence-corrected chi connectivity index (χ2v) is 6.51. The topological polar surface area (TPSA) is 55.6 Å². The summed E-state index contributed by atoms with van der Waals surface area (Å²) in [7, 11) is 1.59. The van der Waals surface area contributed by atoms with Crippen molar-refractivity contribution in [2.24, 2.45) is 0 Å². The Labute approximate surface area is 156 Å². The molecule has 6 heteroatoms. The van der Waals surface area contributed by atoms with E-state index < -0.39 is 0 Å². The van der Waals surface area contributed by atoms with Crippen molar-refractivity contribution in [2.45, 2.75) is 12.3 Å². The van der Waals surface area contributed by atoms with Gasteiger partial charge in [-0.3, -0.25) is 4.79 Å². The van der Waals surface area contributed by atoms with Crippen molar-refractivity contribution in [3.05, 3.63) is 65.6 Å². The molecule has 1 fully saturated rings. The first-order valence-electron chi connectivity index (χ1n) is 8.31. The summed E-state index contributed by atoms with van der Waals surface area (Å²) in [6, 6.07) is 13.1. The number of carbonyl (C=O) groups is 1. The van der Waals surface area contributed by atoms with Crippen molar-refractivity contribution in [1.29, 1.82) is 0 Å². The van der Waals surface area contributed by atoms with Gasteiger partial charge in [0.25, 0.3) is 0 Å². The average Bonchev–Trinajstić information content (AvgIpc) is 3.32. The maximum atomic E-state index is 13.0. The molecule has 3 aromatic rings. The van der Waals surface area contributed by atoms with Gasteiger partial charge in [-0.05, 0) is 30.2 Å². The molecule has 26 heavy (non-hydrogen) atoms. The summed E-state index contributed by atoms with van der Waals surface area (Å²) >= 11 is 6.28. The third-order valence-corrected chi connectivity index (χ3v) is 5.02. The molecule has 1 aliphatic heterocycles. The molecule has 0 radical (unpaired) electrons. The average molecular weight is 369 g/mol. The predicted molar refractivity (Wildman–Crippen MR) is 99.7 cm³/mol. The van der Waals surface area contributed by atoms with Crippen LogP contribution >= 0.6 is 11.6 Å². The Bertz CT molecular complexity index is 940. The van der Waals surface area contributed by atoms with Gasteiger partial charge in [-0.2, -0.15) is 0 Å². The van der Waals surface area contributed by atoms with E-state index in [4.69, 9.17) is 20.8 Å². The van der Waals surface area contributed by atoms with Crippen LogP contribution in [0.15, 0.2) is 59.5 Å². The van der Waals surface area contributed by atoms with Crippen molar-refractivity contribution >= 4 is 23.2 Å². The normalized spacial score (nSPS) is 16.9. The lowest BCUT2D eigenvalue weighted by molar-refractivity contribution is -0.118. The Morgan fingerprint density at radius 2 is 2.12 bits per heavy atom. The largest absolute Gasteiger partial charge is 0.496 e. The van der Waals surface area contributed by atoms with Crippen molar-refractivity contribution in [1.82, 2.24) is 4.98 Å². The van der Waals surface area contributed by atoms with E-state index in [0.717, 1.165) is 23.2 Å². The number of rotatable bonds is 4. The van der Waals surface area contributed by atoms with Crippen LogP contribution in [-0.4, -0.2) is 24.5 Å². The third-order valence-electron chi connectivity index (χ3n) is 4.68. The minimum absolute atomic E-state index is 0.0487. The van der Waals surface area contributed by atoms with Crippen LogP contribution in [-0.2, 0) is 4.79 Å². The number of hydrogen-bond donors (Lipinski definition) is 0. The third kappa shape index (κ3) is 2.84. The smallest absolute Gasteiger partial charge is 0.234 e. The van der Waals surface area contributed by atoms with Crippen LogP contribution in [0.2, 0.25) is 5.02 Å². The number of amides is 1. The van der Waals surface area contributed by atoms with Gasteiger partial charge < -0.3 is 14.1 Å². The van der Waals surface area contributed by atoms with E-state index in [0.29, 0.717) is 23.1 Å². The summed E-state index contributed by atoms with van der Waals surface area (Å²) in [5, 5.41) is 0.631. The molecule has 2 aromatic carbocycles. The lowest BCUT2D eigenvalue weighted by atomic mass is 9.98. The first kappa shape index (κ1) is 16.7. The molecule has 1 saturated heterocycles. The highest BCUT2D eigenvalue weighted by Crippen LogP contribution is 2.38. The van der Waals surface area contributed by atoms with Gasteiger partial charge in [0.1, 0.15) is 5.75 Å². The highest BCUT2D eigenvalue weighted by molar-refractivity contribution is 6.31. The summed E-state index contributed by atoms with van der Waals surface area (Å²) in [5.41, 5.74) is 2.47. The van der Waals surface area contributed by atoms with Gasteiger partial charge in [-0.15, -0.1) is 0 Å². The number of nitrogens with zero attached hydrogens (tertiary/aromatic N) is 2. The van der Waals surface area contributed by atoms with Gasteiger partial charge in [-0.1, -0.05) is 29.8 Å². The quantitative estimate of drug-likeness (QED) is 0.679. The number of halogens is 1. The molecule has 0 unspecified atom stereocenters. The van der Waals surface area contributed by atoms with E-state index in [1.807, 2.05) is 42.5 Å². The van der Waals surface area contributed by atoms with Gasteiger partial charge in [-0.25, -0.2) is 4.98 Å². The Hall–Kier alpha value is -2.79. The lowest BCUT2D eigenvalue weighted by Gasteiger charge is -2.19. The number of benzene rings is 2. The van der Waals surface area contributed by atoms with E-state index >= 15 is 0 Å². The van der Waals surface area contributed by atoms with E-state index in [2.05, 4.69) is 4.98 Å². The second kappa shape index (κ2) is 6.84. The fraction of sp³-hybridized carbons (Fsp3) is 0.200. The zero-order valence-electron chi connectivity index (χ0n) is 14.2. The van der Waals surface area contributed by atoms with Gasteiger partial charge in [0, 0.05) is 23.3 Å². The standard InChI is InChI=1S/C20H17ClN2O3/c1-25-18-10-13(6-7-16(18)19-11-22-12-26-19)23-9-8-15(20(23)24)14-4-2-3-5-17(14)21/h2-7,10-12,15H,8-9H2,1H3/t15-/m1/s1. The summed E-state index contributed by atoms with van der Waals surface area (Å²) in [6.45, 7) is 0.638. The number of anilines is 1. The summed E-state index contributed by atoms with van der Waals surface area (Å²) in [5.74, 6) is 1.08. The number of hydrogen-bond acceptors (Lipinski definition) is 4. The van der Waals surface area contributed by atoms with E-state index in [-0.39, 0.29) is 11.8 Å². The lowest BCUT2D eigenvalue weighted by Crippen LogP contribution is -2.26. The minimum atomic E-state index is -0.219. The molecule has 5 nitrogen and oxygen atoms in total. The summed E-state index contributed by atoms with van der Waals surface area (Å²) < 4.78 is 10.8. The van der Waals surface area contributed by atoms with Crippen molar-refractivity contribution in [3.63, 3.8) is 0 Å². The Morgan fingerprint density at radius 1 is 1.27 bits per heavy atom. The Balaban J connectivity index is 1.64. The summed E-state index contributed by atoms with van der Waals surface area (Å²) in [6.07, 6.45) is 3.74. The number of methoxy groups -OCH3 is 1. The highest BCUT2D eigenvalue weighted by atomic mass is 35.5. The van der Waals surface area contributed by atoms with Crippen LogP contribution in [0.3, 0.4) is 0 Å². The maximum absolute atomic E-state index is 13.0. The van der Waals surface area contributed by atoms with Gasteiger partial charge in [0.15, 0.2) is 12.2 Å². The molecule has 0 N–H and O–H groups in total. The second-order valence-electron chi connectivity index (χ2n) is 6.10. The first-order valence-corrected chi connectivity index (χ1v) is 8.69. The molecule has 0 aliphatic carbocycles. The van der Waals surface area contributed by atoms with Gasteiger partial charge in [0.2, 0.25) is 5.91 Å². The monoisotopic (exact) mass is 368 g/mol. The fourth-order valence-corrected chi connectivity index (χ4v) is 3.65. The van der Waals surface area contributed by atoms with E-state index in [1.165, 1.54) is 6.39 Å². The first-order chi connectivity index (χ1) is 12.7. The molecular weight excluding hydrogens is 352 g/mol. The number of carbonyl (C=O) groups excluding carboxylic acids is 1. The summed E-state index contributed by atoms with van der Waals surface area (Å²) in [4.78, 5) is 18.7. The molecule has 0 saturated carbocycles. The number of ether oxygens (including phenoxy) is 1. The highest BCUT2D eigenvalue weighted by Gasteiger charge is 2.35. The Kier molecular flexibility index (Phi) is 4.39. The SMILES string of the molecule is COc1cc(N2CC[C@H](c3ccccc3Cl)C2=O)ccc1-c1cnco1. The van der Waals surface area contributed by atoms with Crippen LogP contribution in [0.4, 0.5) is 5.69 Å². The fourth-order valence-electron chi connectivity index (χ4n) is 3.38. The maximum Gasteiger partial charge on any atom is 0.234 e. The van der Waals surface area contributed by atoms with Crippen molar-refractivity contribution in [3.8, 4) is 17.1 Å². The molecular formula is C20H17ClN2O3. The molecule has 1 aliphatic rings. The number of aromatic nitrogens is 1. The van der Waals surface area contributed by atoms with Crippen LogP contribution in [0.1, 0.15) is 17.9 Å². The van der Waals surface area contributed by atoms with E-state index in [9.17, 15) is 4.79 Å². The van der Waals surface area contributed by atoms with Crippen LogP contribution in [0.5, 0.6) is 5.75 Å². The molecule has 1 atom stereocenters.